The van der Waals surface area contributed by atoms with Gasteiger partial charge in [0.1, 0.15) is 22.9 Å². The molecule has 294 valence electrons. The molecule has 0 spiro atoms. The summed E-state index contributed by atoms with van der Waals surface area (Å²) in [6.07, 6.45) is 2.77. The van der Waals surface area contributed by atoms with Crippen LogP contribution in [0.3, 0.4) is 0 Å². The van der Waals surface area contributed by atoms with Crippen LogP contribution in [-0.4, -0.2) is 21.0 Å². The molecule has 0 N–H and O–H groups in total. The standard InChI is InChI=1S/C51H48N4OS.Pt/c1-29(2)33-22-34(48-53-51(10)40-17-16-31(4)32(5)39(40)28-50(51,9)56-48)24-36(23-33)54-42-13-11-12-14-45(42)57-46-26-38-37-21-30(3)15-18-41(37)55(43(38)27-44(46)54)47-25-35(19-20-52-47)49(6,7)8;/h11-23,25-26,29H,28H2,1-10H3;/q-2;+2/t50-,51+;/m0./s1. The fourth-order valence-electron chi connectivity index (χ4n) is 9.14. The fraction of sp³-hybridized carbons (Fsp3) is 0.294. The van der Waals surface area contributed by atoms with Crippen LogP contribution in [0.1, 0.15) is 98.9 Å². The van der Waals surface area contributed by atoms with Crippen LogP contribution in [0.2, 0.25) is 0 Å². The molecule has 58 heavy (non-hydrogen) atoms. The molecule has 0 saturated carbocycles. The average Bonchev–Trinajstić information content (AvgIpc) is 3.72. The molecule has 5 nitrogen and oxygen atoms in total. The molecule has 10 rings (SSSR count). The molecule has 0 unspecified atom stereocenters. The average molecular weight is 960 g/mol. The Morgan fingerprint density at radius 3 is 2.43 bits per heavy atom. The van der Waals surface area contributed by atoms with E-state index in [0.717, 1.165) is 56.2 Å². The molecule has 0 fully saturated rings. The molecule has 2 aromatic heterocycles. The minimum atomic E-state index is -0.498. The number of hydrogen-bond donors (Lipinski definition) is 0. The molecule has 0 radical (unpaired) electrons. The molecular weight excluding hydrogens is 912 g/mol. The van der Waals surface area contributed by atoms with E-state index in [0.29, 0.717) is 5.90 Å². The van der Waals surface area contributed by atoms with E-state index in [2.05, 4.69) is 176 Å². The molecule has 2 atom stereocenters. The zero-order valence-corrected chi connectivity index (χ0v) is 38.0. The van der Waals surface area contributed by atoms with E-state index in [-0.39, 0.29) is 32.4 Å². The van der Waals surface area contributed by atoms with E-state index in [1.54, 1.807) is 11.8 Å². The number of aryl methyl sites for hydroxylation is 2. The smallest absolute Gasteiger partial charge is 0.511 e. The van der Waals surface area contributed by atoms with Crippen LogP contribution in [0.25, 0.3) is 27.6 Å². The van der Waals surface area contributed by atoms with Crippen molar-refractivity contribution in [2.75, 3.05) is 4.90 Å². The number of hydrogen-bond acceptors (Lipinski definition) is 5. The summed E-state index contributed by atoms with van der Waals surface area (Å²) in [4.78, 5) is 15.1. The quantitative estimate of drug-likeness (QED) is 0.165. The van der Waals surface area contributed by atoms with Crippen molar-refractivity contribution >= 4 is 56.5 Å². The summed E-state index contributed by atoms with van der Waals surface area (Å²) in [5, 5.41) is 2.36. The summed E-state index contributed by atoms with van der Waals surface area (Å²) in [5.41, 5.74) is 14.0. The molecule has 0 saturated heterocycles. The van der Waals surface area contributed by atoms with Gasteiger partial charge in [-0.05, 0) is 115 Å². The summed E-state index contributed by atoms with van der Waals surface area (Å²) in [7, 11) is 0. The zero-order chi connectivity index (χ0) is 39.8. The molecule has 2 aliphatic heterocycles. The van der Waals surface area contributed by atoms with Crippen molar-refractivity contribution in [2.24, 2.45) is 4.99 Å². The van der Waals surface area contributed by atoms with Crippen LogP contribution in [0, 0.1) is 32.9 Å². The Morgan fingerprint density at radius 1 is 0.862 bits per heavy atom. The molecule has 1 aliphatic carbocycles. The third-order valence-corrected chi connectivity index (χ3v) is 14.0. The monoisotopic (exact) mass is 959 g/mol. The number of pyridine rings is 1. The van der Waals surface area contributed by atoms with Gasteiger partial charge in [-0.3, -0.25) is 4.99 Å². The van der Waals surface area contributed by atoms with Gasteiger partial charge < -0.3 is 14.2 Å². The van der Waals surface area contributed by atoms with Gasteiger partial charge in [0, 0.05) is 23.0 Å². The fourth-order valence-corrected chi connectivity index (χ4v) is 10.2. The molecule has 7 heteroatoms. The van der Waals surface area contributed by atoms with Gasteiger partial charge in [-0.15, -0.1) is 41.3 Å². The predicted octanol–water partition coefficient (Wildman–Crippen LogP) is 13.1. The largest absolute Gasteiger partial charge is 2.00 e. The Labute approximate surface area is 361 Å². The Kier molecular flexibility index (Phi) is 9.01. The van der Waals surface area contributed by atoms with E-state index in [4.69, 9.17) is 14.7 Å². The van der Waals surface area contributed by atoms with E-state index in [1.165, 1.54) is 49.2 Å². The summed E-state index contributed by atoms with van der Waals surface area (Å²) < 4.78 is 9.33. The number of para-hydroxylation sites is 1. The molecule has 5 aromatic carbocycles. The molecule has 0 amide bonds. The second-order valence-electron chi connectivity index (χ2n) is 18.1. The number of aromatic nitrogens is 2. The molecule has 3 aliphatic rings. The van der Waals surface area contributed by atoms with Crippen molar-refractivity contribution in [3.8, 4) is 5.82 Å². The summed E-state index contributed by atoms with van der Waals surface area (Å²) in [5.74, 6) is 1.82. The second-order valence-corrected chi connectivity index (χ2v) is 19.1. The van der Waals surface area contributed by atoms with Crippen LogP contribution in [0.5, 0.6) is 0 Å². The van der Waals surface area contributed by atoms with Gasteiger partial charge in [0.2, 0.25) is 0 Å². The van der Waals surface area contributed by atoms with Crippen LogP contribution >= 0.6 is 11.8 Å². The number of ether oxygens (including phenoxy) is 1. The van der Waals surface area contributed by atoms with Gasteiger partial charge in [0.15, 0.2) is 0 Å². The van der Waals surface area contributed by atoms with Gasteiger partial charge >= 0.3 is 21.1 Å². The van der Waals surface area contributed by atoms with Crippen molar-refractivity contribution in [2.45, 2.75) is 108 Å². The van der Waals surface area contributed by atoms with Crippen molar-refractivity contribution < 1.29 is 25.8 Å². The van der Waals surface area contributed by atoms with Crippen LogP contribution in [-0.2, 0) is 43.2 Å². The molecule has 0 bridgehead atoms. The second kappa shape index (κ2) is 13.4. The molecular formula is C51H48N4OPtS. The maximum atomic E-state index is 7.03. The minimum absolute atomic E-state index is 0. The number of aliphatic imine (C=N–C) groups is 1. The number of rotatable bonds is 4. The van der Waals surface area contributed by atoms with Gasteiger partial charge in [-0.1, -0.05) is 98.2 Å². The maximum Gasteiger partial charge on any atom is 2.00 e. The van der Waals surface area contributed by atoms with E-state index in [9.17, 15) is 0 Å². The predicted molar refractivity (Wildman–Crippen MR) is 236 cm³/mol. The van der Waals surface area contributed by atoms with Crippen molar-refractivity contribution in [3.05, 3.63) is 148 Å². The van der Waals surface area contributed by atoms with E-state index < -0.39 is 11.1 Å². The Morgan fingerprint density at radius 2 is 1.66 bits per heavy atom. The first-order chi connectivity index (χ1) is 27.1. The first-order valence-electron chi connectivity index (χ1n) is 20.1. The van der Waals surface area contributed by atoms with Gasteiger partial charge in [-0.25, -0.2) is 4.98 Å². The minimum Gasteiger partial charge on any atom is -0.511 e. The van der Waals surface area contributed by atoms with Gasteiger partial charge in [-0.2, -0.15) is 11.8 Å². The van der Waals surface area contributed by atoms with Crippen LogP contribution in [0.15, 0.2) is 106 Å². The van der Waals surface area contributed by atoms with Gasteiger partial charge in [0.25, 0.3) is 0 Å². The first-order valence-corrected chi connectivity index (χ1v) is 21.0. The maximum absolute atomic E-state index is 7.03. The zero-order valence-electron chi connectivity index (χ0n) is 34.9. The van der Waals surface area contributed by atoms with Crippen LogP contribution in [0.4, 0.5) is 17.1 Å². The summed E-state index contributed by atoms with van der Waals surface area (Å²) >= 11 is 1.80. The Balaban J connectivity index is 0.00000436. The molecule has 7 aromatic rings. The number of nitrogens with zero attached hydrogens (tertiary/aromatic N) is 4. The van der Waals surface area contributed by atoms with E-state index >= 15 is 0 Å². The number of fused-ring (bicyclic) bond motifs is 8. The SMILES string of the molecule is Cc1ccc2c(c1)c1cc3c([c-]c1n2-c1cc(C(C)(C)C)ccn1)N(c1[c-]c(C2=N[C@]4(C)c5ccc(C)c(C)c5C[C@]4(C)O2)cc(C(C)C)c1)c1ccccc1S3.[Pt+2]. The number of anilines is 3. The Hall–Kier alpha value is -4.64. The summed E-state index contributed by atoms with van der Waals surface area (Å²) in [6.45, 7) is 22.3. The van der Waals surface area contributed by atoms with Gasteiger partial charge in [0.05, 0.1) is 5.69 Å². The number of benzene rings is 5. The van der Waals surface area contributed by atoms with E-state index in [1.807, 2.05) is 6.20 Å². The third-order valence-electron chi connectivity index (χ3n) is 12.9. The summed E-state index contributed by atoms with van der Waals surface area (Å²) in [6, 6.07) is 39.1. The molecule has 4 heterocycles. The van der Waals surface area contributed by atoms with Crippen LogP contribution < -0.4 is 4.90 Å². The third kappa shape index (κ3) is 5.76. The van der Waals surface area contributed by atoms with Crippen molar-refractivity contribution in [1.29, 1.82) is 0 Å². The Bertz CT molecular complexity index is 2880. The first kappa shape index (κ1) is 38.9. The van der Waals surface area contributed by atoms with Crippen molar-refractivity contribution in [1.82, 2.24) is 9.55 Å². The topological polar surface area (TPSA) is 42.7 Å². The van der Waals surface area contributed by atoms with Crippen molar-refractivity contribution in [3.63, 3.8) is 0 Å². The normalized spacial score (nSPS) is 19.4.